The summed E-state index contributed by atoms with van der Waals surface area (Å²) in [7, 11) is 0. The fraction of sp³-hybridized carbons (Fsp3) is 0.160. The van der Waals surface area contributed by atoms with Crippen LogP contribution in [0.25, 0.3) is 10.8 Å². The van der Waals surface area contributed by atoms with E-state index in [0.29, 0.717) is 12.2 Å². The maximum atomic E-state index is 13.7. The normalized spacial score (nSPS) is 18.6. The van der Waals surface area contributed by atoms with Gasteiger partial charge in [0.05, 0.1) is 9.92 Å². The van der Waals surface area contributed by atoms with Gasteiger partial charge in [-0.3, -0.25) is 19.4 Å². The lowest BCUT2D eigenvalue weighted by atomic mass is 10.1. The molecule has 0 radical (unpaired) electrons. The highest BCUT2D eigenvalue weighted by Crippen LogP contribution is 2.55. The van der Waals surface area contributed by atoms with Crippen molar-refractivity contribution in [3.8, 4) is 0 Å². The minimum atomic E-state index is -0.355. The third kappa shape index (κ3) is 3.54. The van der Waals surface area contributed by atoms with Crippen LogP contribution in [0.4, 0.5) is 5.69 Å². The molecule has 5 rings (SSSR count). The molecule has 1 fully saturated rings. The summed E-state index contributed by atoms with van der Waals surface area (Å²) in [6.07, 6.45) is 1.75. The summed E-state index contributed by atoms with van der Waals surface area (Å²) < 4.78 is 0.719. The van der Waals surface area contributed by atoms with Crippen molar-refractivity contribution in [1.29, 1.82) is 0 Å². The van der Waals surface area contributed by atoms with Crippen molar-refractivity contribution in [2.24, 2.45) is 0 Å². The average molecular weight is 477 g/mol. The van der Waals surface area contributed by atoms with Crippen molar-refractivity contribution in [2.45, 2.75) is 29.6 Å². The molecule has 0 bridgehead atoms. The number of thiocarbonyl (C=S) groups is 1. The molecule has 1 saturated heterocycles. The molecule has 7 heteroatoms. The molecule has 3 aromatic rings. The number of unbranched alkanes of at least 4 members (excludes halogenated alkanes) is 1. The van der Waals surface area contributed by atoms with Gasteiger partial charge in [0.1, 0.15) is 5.57 Å². The van der Waals surface area contributed by atoms with Gasteiger partial charge in [-0.25, -0.2) is 0 Å². The molecule has 0 aliphatic carbocycles. The van der Waals surface area contributed by atoms with Crippen LogP contribution in [-0.4, -0.2) is 28.4 Å². The van der Waals surface area contributed by atoms with Gasteiger partial charge in [-0.05, 0) is 47.6 Å². The van der Waals surface area contributed by atoms with Gasteiger partial charge in [0.2, 0.25) is 0 Å². The van der Waals surface area contributed by atoms with E-state index >= 15 is 0 Å². The Morgan fingerprint density at radius 1 is 0.875 bits per heavy atom. The summed E-state index contributed by atoms with van der Waals surface area (Å²) >= 11 is 8.63. The molecule has 0 spiro atoms. The van der Waals surface area contributed by atoms with Crippen LogP contribution in [0.1, 0.15) is 19.8 Å². The number of hydrogen-bond donors (Lipinski definition) is 0. The zero-order valence-electron chi connectivity index (χ0n) is 17.4. The van der Waals surface area contributed by atoms with E-state index in [0.717, 1.165) is 37.6 Å². The molecule has 2 aliphatic heterocycles. The number of anilines is 1. The Bertz CT molecular complexity index is 1290. The summed E-state index contributed by atoms with van der Waals surface area (Å²) in [6.45, 7) is 2.56. The van der Waals surface area contributed by atoms with E-state index in [-0.39, 0.29) is 22.5 Å². The predicted molar refractivity (Wildman–Crippen MR) is 136 cm³/mol. The predicted octanol–water partition coefficient (Wildman–Crippen LogP) is 6.21. The lowest BCUT2D eigenvalue weighted by Gasteiger charge is -2.37. The Morgan fingerprint density at radius 3 is 2.41 bits per heavy atom. The Kier molecular flexibility index (Phi) is 5.80. The molecule has 0 atom stereocenters. The number of fused-ring (bicyclic) bond motifs is 3. The van der Waals surface area contributed by atoms with Crippen molar-refractivity contribution in [3.63, 3.8) is 0 Å². The highest BCUT2D eigenvalue weighted by molar-refractivity contribution is 8.25. The summed E-state index contributed by atoms with van der Waals surface area (Å²) in [4.78, 5) is 32.4. The Balaban J connectivity index is 1.62. The summed E-state index contributed by atoms with van der Waals surface area (Å²) in [5.41, 5.74) is 0.874. The fourth-order valence-electron chi connectivity index (χ4n) is 3.85. The van der Waals surface area contributed by atoms with Gasteiger partial charge in [0.25, 0.3) is 11.8 Å². The van der Waals surface area contributed by atoms with Gasteiger partial charge in [-0.2, -0.15) is 0 Å². The molecular formula is C25H20N2O2S3. The van der Waals surface area contributed by atoms with E-state index in [1.54, 1.807) is 4.90 Å². The minimum Gasteiger partial charge on any atom is -0.284 e. The van der Waals surface area contributed by atoms with Crippen LogP contribution in [0, 0.1) is 0 Å². The van der Waals surface area contributed by atoms with Crippen LogP contribution in [0.2, 0.25) is 0 Å². The average Bonchev–Trinajstić information content (AvgIpc) is 3.24. The largest absolute Gasteiger partial charge is 0.284 e. The Labute approximate surface area is 200 Å². The number of carbonyl (C=O) groups excluding carboxylic acids is 2. The molecule has 0 aromatic heterocycles. The fourth-order valence-corrected chi connectivity index (χ4v) is 6.89. The van der Waals surface area contributed by atoms with Crippen molar-refractivity contribution in [2.75, 3.05) is 11.4 Å². The Hall–Kier alpha value is -2.61. The van der Waals surface area contributed by atoms with E-state index in [4.69, 9.17) is 12.2 Å². The minimum absolute atomic E-state index is 0.203. The molecule has 3 aromatic carbocycles. The van der Waals surface area contributed by atoms with E-state index in [1.165, 1.54) is 28.4 Å². The van der Waals surface area contributed by atoms with Crippen LogP contribution >= 0.6 is 35.7 Å². The van der Waals surface area contributed by atoms with Crippen LogP contribution in [0.15, 0.2) is 86.3 Å². The number of amides is 2. The summed E-state index contributed by atoms with van der Waals surface area (Å²) in [6, 6.07) is 21.6. The molecule has 2 aliphatic rings. The molecule has 0 N–H and O–H groups in total. The van der Waals surface area contributed by atoms with Crippen molar-refractivity contribution >= 4 is 69.1 Å². The van der Waals surface area contributed by atoms with Gasteiger partial charge in [0, 0.05) is 16.3 Å². The van der Waals surface area contributed by atoms with Crippen LogP contribution < -0.4 is 4.90 Å². The number of para-hydroxylation sites is 1. The molecule has 4 nitrogen and oxygen atoms in total. The third-order valence-electron chi connectivity index (χ3n) is 5.49. The molecule has 2 heterocycles. The second-order valence-electron chi connectivity index (χ2n) is 7.55. The molecule has 32 heavy (non-hydrogen) atoms. The van der Waals surface area contributed by atoms with Gasteiger partial charge >= 0.3 is 0 Å². The SMILES string of the molecule is CCCCN1C(=O)C(=C2Sc3ccc4ccccc4c3S2)C(=O)N(c2ccccc2)C1=S. The second kappa shape index (κ2) is 8.73. The first kappa shape index (κ1) is 21.2. The van der Waals surface area contributed by atoms with E-state index < -0.39 is 0 Å². The maximum Gasteiger partial charge on any atom is 0.271 e. The van der Waals surface area contributed by atoms with Crippen LogP contribution in [0.3, 0.4) is 0 Å². The Morgan fingerprint density at radius 2 is 1.62 bits per heavy atom. The number of carbonyl (C=O) groups is 2. The first-order valence-electron chi connectivity index (χ1n) is 10.5. The third-order valence-corrected chi connectivity index (χ3v) is 8.51. The van der Waals surface area contributed by atoms with E-state index in [2.05, 4.69) is 31.2 Å². The quantitative estimate of drug-likeness (QED) is 0.254. The van der Waals surface area contributed by atoms with Gasteiger partial charge < -0.3 is 0 Å². The van der Waals surface area contributed by atoms with Crippen molar-refractivity contribution in [3.05, 3.63) is 76.5 Å². The highest BCUT2D eigenvalue weighted by Gasteiger charge is 2.43. The highest BCUT2D eigenvalue weighted by atomic mass is 32.2. The summed E-state index contributed by atoms with van der Waals surface area (Å²) in [5.74, 6) is -0.654. The number of nitrogens with zero attached hydrogens (tertiary/aromatic N) is 2. The van der Waals surface area contributed by atoms with Gasteiger partial charge in [-0.1, -0.05) is 85.4 Å². The first-order chi connectivity index (χ1) is 15.6. The lowest BCUT2D eigenvalue weighted by Crippen LogP contribution is -2.57. The van der Waals surface area contributed by atoms with Crippen LogP contribution in [-0.2, 0) is 9.59 Å². The summed E-state index contributed by atoms with van der Waals surface area (Å²) in [5, 5.41) is 2.52. The monoisotopic (exact) mass is 476 g/mol. The maximum absolute atomic E-state index is 13.7. The van der Waals surface area contributed by atoms with Gasteiger partial charge in [0.15, 0.2) is 5.11 Å². The van der Waals surface area contributed by atoms with E-state index in [9.17, 15) is 9.59 Å². The zero-order valence-corrected chi connectivity index (χ0v) is 19.9. The standard InChI is InChI=1S/C25H20N2O2S3/c1-2-3-15-26-22(28)20(23(29)27(25(26)30)17-10-5-4-6-11-17)24-31-19-14-13-16-9-7-8-12-18(16)21(19)32-24/h4-14H,2-3,15H2,1H3. The van der Waals surface area contributed by atoms with Crippen LogP contribution in [0.5, 0.6) is 0 Å². The molecular weight excluding hydrogens is 456 g/mol. The molecule has 2 amide bonds. The number of benzene rings is 3. The molecule has 0 saturated carbocycles. The second-order valence-corrected chi connectivity index (χ2v) is 10.2. The van der Waals surface area contributed by atoms with Crippen molar-refractivity contribution in [1.82, 2.24) is 4.90 Å². The number of rotatable bonds is 4. The number of thioether (sulfide) groups is 2. The molecule has 160 valence electrons. The van der Waals surface area contributed by atoms with Gasteiger partial charge in [-0.15, -0.1) is 0 Å². The first-order valence-corrected chi connectivity index (χ1v) is 12.5. The lowest BCUT2D eigenvalue weighted by molar-refractivity contribution is -0.128. The van der Waals surface area contributed by atoms with E-state index in [1.807, 2.05) is 42.5 Å². The smallest absolute Gasteiger partial charge is 0.271 e. The topological polar surface area (TPSA) is 40.6 Å². The molecule has 0 unspecified atom stereocenters. The zero-order chi connectivity index (χ0) is 22.2. The number of hydrogen-bond acceptors (Lipinski definition) is 5. The van der Waals surface area contributed by atoms with Crippen molar-refractivity contribution < 1.29 is 9.59 Å².